The van der Waals surface area contributed by atoms with Crippen LogP contribution in [0.1, 0.15) is 6.92 Å². The maximum absolute atomic E-state index is 9.59. The van der Waals surface area contributed by atoms with E-state index in [-0.39, 0.29) is 5.70 Å². The van der Waals surface area contributed by atoms with E-state index in [0.717, 1.165) is 6.20 Å². The minimum atomic E-state index is -0.542. The molecule has 4 nitrogen and oxygen atoms in total. The van der Waals surface area contributed by atoms with Crippen LogP contribution in [0, 0.1) is 10.1 Å². The molecule has 0 spiro atoms. The first kappa shape index (κ1) is 5.94. The highest BCUT2D eigenvalue weighted by atomic mass is 16.6. The summed E-state index contributed by atoms with van der Waals surface area (Å²) in [5.41, 5.74) is 4.74. The van der Waals surface area contributed by atoms with Crippen molar-refractivity contribution in [3.05, 3.63) is 22.0 Å². The second kappa shape index (κ2) is 2.17. The lowest BCUT2D eigenvalue weighted by atomic mass is 10.6. The minimum absolute atomic E-state index is 0.0278. The fourth-order valence-corrected chi connectivity index (χ4v) is 0.0609. The van der Waals surface area contributed by atoms with Crippen molar-refractivity contribution in [3.8, 4) is 0 Å². The summed E-state index contributed by atoms with van der Waals surface area (Å²) in [6.45, 7) is 1.33. The van der Waals surface area contributed by atoms with Gasteiger partial charge in [0.15, 0.2) is 0 Å². The van der Waals surface area contributed by atoms with Crippen LogP contribution in [0.5, 0.6) is 0 Å². The third-order valence-corrected chi connectivity index (χ3v) is 0.529. The highest BCUT2D eigenvalue weighted by molar-refractivity contribution is 4.80. The van der Waals surface area contributed by atoms with Crippen LogP contribution in [-0.4, -0.2) is 4.92 Å². The van der Waals surface area contributed by atoms with E-state index >= 15 is 0 Å². The van der Waals surface area contributed by atoms with Gasteiger partial charge in [-0.15, -0.1) is 0 Å². The van der Waals surface area contributed by atoms with Gasteiger partial charge in [0, 0.05) is 6.92 Å². The van der Waals surface area contributed by atoms with E-state index in [0.29, 0.717) is 0 Å². The van der Waals surface area contributed by atoms with Gasteiger partial charge >= 0.3 is 0 Å². The molecule has 0 aliphatic heterocycles. The molecular formula is C3H6N2O2. The van der Waals surface area contributed by atoms with Crippen LogP contribution in [0.15, 0.2) is 11.9 Å². The standard InChI is InChI=1S/C3H6N2O2/c1-3(2-4)5(6)7/h2H,4H2,1H3/b3-2-. The normalized spacial score (nSPS) is 11.3. The van der Waals surface area contributed by atoms with Crippen LogP contribution >= 0.6 is 0 Å². The topological polar surface area (TPSA) is 69.2 Å². The summed E-state index contributed by atoms with van der Waals surface area (Å²) in [7, 11) is 0. The maximum atomic E-state index is 9.59. The molecule has 7 heavy (non-hydrogen) atoms. The molecule has 0 atom stereocenters. The Labute approximate surface area is 40.8 Å². The summed E-state index contributed by atoms with van der Waals surface area (Å²) < 4.78 is 0. The number of nitrogens with two attached hydrogens (primary N) is 1. The zero-order valence-corrected chi connectivity index (χ0v) is 3.92. The Morgan fingerprint density at radius 2 is 2.43 bits per heavy atom. The predicted molar refractivity (Wildman–Crippen MR) is 24.9 cm³/mol. The van der Waals surface area contributed by atoms with Crippen molar-refractivity contribution in [1.82, 2.24) is 0 Å². The molecule has 0 fully saturated rings. The third-order valence-electron chi connectivity index (χ3n) is 0.529. The van der Waals surface area contributed by atoms with E-state index in [1.54, 1.807) is 0 Å². The van der Waals surface area contributed by atoms with Gasteiger partial charge in [0.05, 0.1) is 11.1 Å². The average molecular weight is 102 g/mol. The van der Waals surface area contributed by atoms with Crippen molar-refractivity contribution in [2.45, 2.75) is 6.92 Å². The molecule has 0 bridgehead atoms. The first-order valence-corrected chi connectivity index (χ1v) is 1.71. The summed E-state index contributed by atoms with van der Waals surface area (Å²) >= 11 is 0. The zero-order valence-electron chi connectivity index (χ0n) is 3.92. The molecule has 0 saturated carbocycles. The fourth-order valence-electron chi connectivity index (χ4n) is 0.0609. The molecule has 0 unspecified atom stereocenters. The van der Waals surface area contributed by atoms with Crippen molar-refractivity contribution in [2.24, 2.45) is 5.73 Å². The summed E-state index contributed by atoms with van der Waals surface area (Å²) in [6, 6.07) is 0. The summed E-state index contributed by atoms with van der Waals surface area (Å²) in [5, 5.41) is 9.59. The van der Waals surface area contributed by atoms with Crippen molar-refractivity contribution >= 4 is 0 Å². The average Bonchev–Trinajstić information content (AvgIpc) is 1.65. The van der Waals surface area contributed by atoms with Crippen LogP contribution in [0.3, 0.4) is 0 Å². The quantitative estimate of drug-likeness (QED) is 0.376. The van der Waals surface area contributed by atoms with Gasteiger partial charge in [-0.1, -0.05) is 0 Å². The Morgan fingerprint density at radius 1 is 2.00 bits per heavy atom. The van der Waals surface area contributed by atoms with Crippen molar-refractivity contribution in [3.63, 3.8) is 0 Å². The fraction of sp³-hybridized carbons (Fsp3) is 0.333. The molecule has 0 radical (unpaired) electrons. The molecule has 0 rings (SSSR count). The lowest BCUT2D eigenvalue weighted by Crippen LogP contribution is -1.96. The largest absolute Gasteiger partial charge is 0.399 e. The highest BCUT2D eigenvalue weighted by Crippen LogP contribution is 1.85. The van der Waals surface area contributed by atoms with E-state index in [9.17, 15) is 10.1 Å². The Morgan fingerprint density at radius 3 is 2.43 bits per heavy atom. The van der Waals surface area contributed by atoms with Gasteiger partial charge in [-0.25, -0.2) is 0 Å². The van der Waals surface area contributed by atoms with Crippen LogP contribution in [0.25, 0.3) is 0 Å². The van der Waals surface area contributed by atoms with E-state index in [1.807, 2.05) is 0 Å². The van der Waals surface area contributed by atoms with Gasteiger partial charge in [-0.2, -0.15) is 0 Å². The van der Waals surface area contributed by atoms with E-state index in [2.05, 4.69) is 0 Å². The highest BCUT2D eigenvalue weighted by Gasteiger charge is 1.95. The Balaban J connectivity index is 3.82. The number of nitro groups is 1. The number of allylic oxidation sites excluding steroid dienone is 1. The first-order valence-electron chi connectivity index (χ1n) is 1.71. The smallest absolute Gasteiger partial charge is 0.258 e. The molecular weight excluding hydrogens is 96.0 g/mol. The van der Waals surface area contributed by atoms with Gasteiger partial charge in [0.25, 0.3) is 5.70 Å². The Hall–Kier alpha value is -1.06. The van der Waals surface area contributed by atoms with Crippen molar-refractivity contribution in [1.29, 1.82) is 0 Å². The molecule has 0 aromatic heterocycles. The van der Waals surface area contributed by atoms with Gasteiger partial charge in [0.2, 0.25) is 0 Å². The summed E-state index contributed by atoms with van der Waals surface area (Å²) in [5.74, 6) is 0. The molecule has 4 heteroatoms. The number of hydrogen-bond acceptors (Lipinski definition) is 3. The maximum Gasteiger partial charge on any atom is 0.258 e. The SMILES string of the molecule is C/C(=C/N)[N+](=O)[O-]. The molecule has 0 saturated heterocycles. The van der Waals surface area contributed by atoms with E-state index < -0.39 is 4.92 Å². The van der Waals surface area contributed by atoms with Gasteiger partial charge in [-0.05, 0) is 0 Å². The number of nitrogens with zero attached hydrogens (tertiary/aromatic N) is 1. The predicted octanol–water partition coefficient (Wildman–Crippen LogP) is 0.0831. The lowest BCUT2D eigenvalue weighted by Gasteiger charge is -1.81. The van der Waals surface area contributed by atoms with Gasteiger partial charge in [0.1, 0.15) is 0 Å². The van der Waals surface area contributed by atoms with Gasteiger partial charge < -0.3 is 5.73 Å². The van der Waals surface area contributed by atoms with Gasteiger partial charge in [-0.3, -0.25) is 10.1 Å². The zero-order chi connectivity index (χ0) is 5.86. The lowest BCUT2D eigenvalue weighted by molar-refractivity contribution is -0.424. The van der Waals surface area contributed by atoms with Crippen LogP contribution in [0.2, 0.25) is 0 Å². The summed E-state index contributed by atoms with van der Waals surface area (Å²) in [4.78, 5) is 9.05. The van der Waals surface area contributed by atoms with Crippen molar-refractivity contribution in [2.75, 3.05) is 0 Å². The van der Waals surface area contributed by atoms with Crippen LogP contribution < -0.4 is 5.73 Å². The first-order chi connectivity index (χ1) is 3.18. The van der Waals surface area contributed by atoms with E-state index in [1.165, 1.54) is 6.92 Å². The molecule has 0 heterocycles. The Kier molecular flexibility index (Phi) is 1.84. The van der Waals surface area contributed by atoms with Crippen LogP contribution in [0.4, 0.5) is 0 Å². The monoisotopic (exact) mass is 102 g/mol. The Bertz CT molecular complexity index is 108. The summed E-state index contributed by atoms with van der Waals surface area (Å²) in [6.07, 6.45) is 0.958. The molecule has 0 amide bonds. The van der Waals surface area contributed by atoms with Crippen LogP contribution in [-0.2, 0) is 0 Å². The minimum Gasteiger partial charge on any atom is -0.399 e. The molecule has 40 valence electrons. The van der Waals surface area contributed by atoms with E-state index in [4.69, 9.17) is 5.73 Å². The molecule has 0 aliphatic carbocycles. The molecule has 2 N–H and O–H groups in total. The second-order valence-corrected chi connectivity index (χ2v) is 1.07. The molecule has 0 aromatic rings. The molecule has 0 aliphatic rings. The second-order valence-electron chi connectivity index (χ2n) is 1.07. The number of hydrogen-bond donors (Lipinski definition) is 1. The third kappa shape index (κ3) is 1.75. The molecule has 0 aromatic carbocycles. The number of rotatable bonds is 1. The van der Waals surface area contributed by atoms with Crippen molar-refractivity contribution < 1.29 is 4.92 Å².